The molecule has 0 atom stereocenters. The molecule has 0 saturated carbocycles. The maximum absolute atomic E-state index is 12.2. The third-order valence-electron chi connectivity index (χ3n) is 3.38. The van der Waals surface area contributed by atoms with Gasteiger partial charge in [0.05, 0.1) is 15.5 Å². The second kappa shape index (κ2) is 9.24. The maximum atomic E-state index is 12.2. The van der Waals surface area contributed by atoms with E-state index in [2.05, 4.69) is 10.0 Å². The first kappa shape index (κ1) is 19.8. The molecule has 0 aliphatic heterocycles. The number of carbonyl (C=O) groups is 1. The van der Waals surface area contributed by atoms with Crippen LogP contribution in [0.2, 0.25) is 5.02 Å². The molecule has 0 aromatic heterocycles. The van der Waals surface area contributed by atoms with Gasteiger partial charge in [-0.05, 0) is 49.6 Å². The molecule has 0 unspecified atom stereocenters. The molecule has 1 amide bonds. The zero-order valence-electron chi connectivity index (χ0n) is 13.7. The molecule has 0 radical (unpaired) electrons. The Morgan fingerprint density at radius 1 is 1.16 bits per heavy atom. The monoisotopic (exact) mass is 398 g/mol. The van der Waals surface area contributed by atoms with Crippen molar-refractivity contribution >= 4 is 39.3 Å². The van der Waals surface area contributed by atoms with Crippen LogP contribution in [0, 0.1) is 0 Å². The van der Waals surface area contributed by atoms with Crippen LogP contribution >= 0.6 is 23.4 Å². The minimum Gasteiger partial charge on any atom is -0.352 e. The highest BCUT2D eigenvalue weighted by atomic mass is 35.5. The first-order valence-electron chi connectivity index (χ1n) is 7.63. The molecule has 25 heavy (non-hydrogen) atoms. The van der Waals surface area contributed by atoms with Gasteiger partial charge in [-0.1, -0.05) is 29.8 Å². The van der Waals surface area contributed by atoms with Gasteiger partial charge in [-0.15, -0.1) is 11.8 Å². The molecule has 2 aromatic carbocycles. The molecule has 0 aliphatic rings. The average molecular weight is 399 g/mol. The van der Waals surface area contributed by atoms with Gasteiger partial charge in [-0.25, -0.2) is 13.1 Å². The van der Waals surface area contributed by atoms with Crippen molar-refractivity contribution < 1.29 is 13.2 Å². The third-order valence-corrected chi connectivity index (χ3v) is 6.22. The van der Waals surface area contributed by atoms with E-state index in [0.717, 1.165) is 12.2 Å². The highest BCUT2D eigenvalue weighted by Crippen LogP contribution is 2.21. The van der Waals surface area contributed by atoms with Gasteiger partial charge in [-0.2, -0.15) is 0 Å². The lowest BCUT2D eigenvalue weighted by Crippen LogP contribution is -2.26. The highest BCUT2D eigenvalue weighted by molar-refractivity contribution is 7.99. The van der Waals surface area contributed by atoms with Crippen molar-refractivity contribution in [2.45, 2.75) is 16.2 Å². The summed E-state index contributed by atoms with van der Waals surface area (Å²) in [7, 11) is -2.31. The molecule has 0 bridgehead atoms. The number of hydrogen-bond acceptors (Lipinski definition) is 4. The zero-order chi connectivity index (χ0) is 18.3. The molecule has 0 spiro atoms. The Balaban J connectivity index is 1.89. The van der Waals surface area contributed by atoms with Crippen molar-refractivity contribution in [2.24, 2.45) is 0 Å². The molecule has 2 rings (SSSR count). The Labute approximate surface area is 157 Å². The van der Waals surface area contributed by atoms with Gasteiger partial charge >= 0.3 is 0 Å². The van der Waals surface area contributed by atoms with Gasteiger partial charge in [-0.3, -0.25) is 4.79 Å². The minimum absolute atomic E-state index is 0.00387. The van der Waals surface area contributed by atoms with Crippen molar-refractivity contribution in [1.82, 2.24) is 10.0 Å². The van der Waals surface area contributed by atoms with Gasteiger partial charge in [0.15, 0.2) is 0 Å². The molecule has 2 aromatic rings. The fraction of sp³-hybridized carbons (Fsp3) is 0.235. The summed E-state index contributed by atoms with van der Waals surface area (Å²) in [6, 6.07) is 14.1. The van der Waals surface area contributed by atoms with E-state index in [9.17, 15) is 13.2 Å². The van der Waals surface area contributed by atoms with Gasteiger partial charge in [0.1, 0.15) is 0 Å². The van der Waals surface area contributed by atoms with Gasteiger partial charge in [0.2, 0.25) is 10.0 Å². The Hall–Kier alpha value is -1.54. The number of thioether (sulfide) groups is 1. The Morgan fingerprint density at radius 2 is 1.88 bits per heavy atom. The largest absolute Gasteiger partial charge is 0.352 e. The van der Waals surface area contributed by atoms with E-state index < -0.39 is 10.0 Å². The van der Waals surface area contributed by atoms with E-state index in [-0.39, 0.29) is 21.4 Å². The summed E-state index contributed by atoms with van der Waals surface area (Å²) in [6.07, 6.45) is 0.789. The number of amides is 1. The van der Waals surface area contributed by atoms with Gasteiger partial charge in [0, 0.05) is 11.4 Å². The van der Waals surface area contributed by atoms with Gasteiger partial charge in [0.25, 0.3) is 5.91 Å². The number of carbonyl (C=O) groups excluding carboxylic acids is 1. The number of nitrogens with one attached hydrogen (secondary N) is 2. The van der Waals surface area contributed by atoms with Crippen molar-refractivity contribution in [3.63, 3.8) is 0 Å². The average Bonchev–Trinajstić information content (AvgIpc) is 2.62. The van der Waals surface area contributed by atoms with E-state index in [4.69, 9.17) is 11.6 Å². The summed E-state index contributed by atoms with van der Waals surface area (Å²) >= 11 is 7.74. The normalized spacial score (nSPS) is 11.3. The molecular weight excluding hydrogens is 380 g/mol. The predicted molar refractivity (Wildman–Crippen MR) is 102 cm³/mol. The summed E-state index contributed by atoms with van der Waals surface area (Å²) in [5.41, 5.74) is 0.147. The zero-order valence-corrected chi connectivity index (χ0v) is 16.0. The fourth-order valence-corrected chi connectivity index (χ4v) is 3.87. The molecule has 0 saturated heterocycles. The smallest absolute Gasteiger partial charge is 0.252 e. The van der Waals surface area contributed by atoms with Gasteiger partial charge < -0.3 is 5.32 Å². The van der Waals surface area contributed by atoms with Crippen LogP contribution in [-0.4, -0.2) is 33.7 Å². The Morgan fingerprint density at radius 3 is 2.56 bits per heavy atom. The van der Waals surface area contributed by atoms with E-state index >= 15 is 0 Å². The topological polar surface area (TPSA) is 75.3 Å². The number of benzene rings is 2. The van der Waals surface area contributed by atoms with Crippen LogP contribution in [0.5, 0.6) is 0 Å². The summed E-state index contributed by atoms with van der Waals surface area (Å²) in [5.74, 6) is 0.481. The highest BCUT2D eigenvalue weighted by Gasteiger charge is 2.17. The minimum atomic E-state index is -3.62. The summed E-state index contributed by atoms with van der Waals surface area (Å²) in [5, 5.41) is 2.98. The van der Waals surface area contributed by atoms with E-state index in [1.165, 1.54) is 30.1 Å². The fourth-order valence-electron chi connectivity index (χ4n) is 2.04. The predicted octanol–water partition coefficient (Wildman–Crippen LogP) is 3.16. The van der Waals surface area contributed by atoms with Crippen LogP contribution in [0.3, 0.4) is 0 Å². The SMILES string of the molecule is CNS(=O)(=O)c1ccc(Cl)c(C(=O)NCCCSc2ccccc2)c1. The maximum Gasteiger partial charge on any atom is 0.252 e. The number of hydrogen-bond donors (Lipinski definition) is 2. The van der Waals surface area contributed by atoms with Crippen LogP contribution in [0.1, 0.15) is 16.8 Å². The Kier molecular flexibility index (Phi) is 7.31. The van der Waals surface area contributed by atoms with Crippen LogP contribution in [-0.2, 0) is 10.0 Å². The van der Waals surface area contributed by atoms with Crippen molar-refractivity contribution in [1.29, 1.82) is 0 Å². The van der Waals surface area contributed by atoms with Crippen molar-refractivity contribution in [3.05, 3.63) is 59.1 Å². The third kappa shape index (κ3) is 5.74. The molecule has 0 heterocycles. The standard InChI is InChI=1S/C17H19ClN2O3S2/c1-19-25(22,23)14-8-9-16(18)15(12-14)17(21)20-10-5-11-24-13-6-3-2-4-7-13/h2-4,6-9,12,19H,5,10-11H2,1H3,(H,20,21). The lowest BCUT2D eigenvalue weighted by Gasteiger charge is -2.09. The lowest BCUT2D eigenvalue weighted by atomic mass is 10.2. The summed E-state index contributed by atoms with van der Waals surface area (Å²) in [6.45, 7) is 0.484. The second-order valence-electron chi connectivity index (χ2n) is 5.12. The molecule has 8 heteroatoms. The molecule has 0 fully saturated rings. The summed E-state index contributed by atoms with van der Waals surface area (Å²) < 4.78 is 25.9. The molecule has 0 aliphatic carbocycles. The first-order valence-corrected chi connectivity index (χ1v) is 10.5. The van der Waals surface area contributed by atoms with Crippen LogP contribution < -0.4 is 10.0 Å². The first-order chi connectivity index (χ1) is 11.9. The summed E-state index contributed by atoms with van der Waals surface area (Å²) in [4.78, 5) is 13.4. The van der Waals surface area contributed by atoms with Crippen molar-refractivity contribution in [3.8, 4) is 0 Å². The molecule has 5 nitrogen and oxygen atoms in total. The van der Waals surface area contributed by atoms with E-state index in [1.807, 2.05) is 30.3 Å². The molecule has 2 N–H and O–H groups in total. The molecule has 134 valence electrons. The number of sulfonamides is 1. The lowest BCUT2D eigenvalue weighted by molar-refractivity contribution is 0.0953. The second-order valence-corrected chi connectivity index (χ2v) is 8.58. The van der Waals surface area contributed by atoms with Crippen LogP contribution in [0.25, 0.3) is 0 Å². The van der Waals surface area contributed by atoms with Crippen molar-refractivity contribution in [2.75, 3.05) is 19.3 Å². The van der Waals surface area contributed by atoms with Crippen LogP contribution in [0.4, 0.5) is 0 Å². The van der Waals surface area contributed by atoms with E-state index in [1.54, 1.807) is 11.8 Å². The number of halogens is 1. The Bertz CT molecular complexity index is 827. The van der Waals surface area contributed by atoms with Crippen LogP contribution in [0.15, 0.2) is 58.3 Å². The molecular formula is C17H19ClN2O3S2. The van der Waals surface area contributed by atoms with E-state index in [0.29, 0.717) is 6.54 Å². The number of rotatable bonds is 8. The quantitative estimate of drug-likeness (QED) is 0.529.